The first-order valence-electron chi connectivity index (χ1n) is 9.17. The van der Waals surface area contributed by atoms with Crippen LogP contribution < -0.4 is 19.1 Å². The first-order valence-corrected chi connectivity index (χ1v) is 11.8. The van der Waals surface area contributed by atoms with Gasteiger partial charge in [0.2, 0.25) is 15.9 Å². The minimum Gasteiger partial charge on any atom is -0.493 e. The number of halogens is 2. The topological polar surface area (TPSA) is 84.9 Å². The fraction of sp³-hybridized carbons (Fsp3) is 0.350. The van der Waals surface area contributed by atoms with E-state index in [1.807, 2.05) is 12.1 Å². The third kappa shape index (κ3) is 7.17. The van der Waals surface area contributed by atoms with Gasteiger partial charge >= 0.3 is 0 Å². The second-order valence-corrected chi connectivity index (χ2v) is 9.21. The van der Waals surface area contributed by atoms with Crippen LogP contribution in [-0.4, -0.2) is 47.4 Å². The van der Waals surface area contributed by atoms with Crippen molar-refractivity contribution in [2.24, 2.45) is 0 Å². The molecule has 0 bridgehead atoms. The summed E-state index contributed by atoms with van der Waals surface area (Å²) >= 11 is 3.14. The highest BCUT2D eigenvalue weighted by Crippen LogP contribution is 2.26. The predicted molar refractivity (Wildman–Crippen MR) is 117 cm³/mol. The number of carbonyl (C=O) groups excluding carboxylic acids is 1. The summed E-state index contributed by atoms with van der Waals surface area (Å²) in [5.41, 5.74) is -0.0497. The lowest BCUT2D eigenvalue weighted by atomic mass is 10.2. The van der Waals surface area contributed by atoms with Crippen LogP contribution in [0.1, 0.15) is 12.8 Å². The lowest BCUT2D eigenvalue weighted by molar-refractivity contribution is -0.121. The number of sulfonamides is 1. The monoisotopic (exact) mass is 502 g/mol. The summed E-state index contributed by atoms with van der Waals surface area (Å²) in [6.07, 6.45) is 1.34. The molecule has 0 heterocycles. The smallest absolute Gasteiger partial charge is 0.232 e. The number of ether oxygens (including phenoxy) is 2. The molecule has 0 saturated heterocycles. The first-order chi connectivity index (χ1) is 14.2. The quantitative estimate of drug-likeness (QED) is 0.476. The number of rotatable bonds is 11. The number of nitrogens with zero attached hydrogens (tertiary/aromatic N) is 1. The number of para-hydroxylation sites is 2. The van der Waals surface area contributed by atoms with Crippen LogP contribution in [-0.2, 0) is 14.8 Å². The predicted octanol–water partition coefficient (Wildman–Crippen LogP) is 3.34. The van der Waals surface area contributed by atoms with E-state index < -0.39 is 15.8 Å². The Labute approximate surface area is 184 Å². The third-order valence-electron chi connectivity index (χ3n) is 4.09. The highest BCUT2D eigenvalue weighted by molar-refractivity contribution is 9.10. The van der Waals surface area contributed by atoms with Gasteiger partial charge in [0.25, 0.3) is 0 Å². The normalized spacial score (nSPS) is 11.1. The fourth-order valence-corrected chi connectivity index (χ4v) is 4.01. The molecule has 0 aromatic heterocycles. The van der Waals surface area contributed by atoms with E-state index in [1.54, 1.807) is 25.3 Å². The van der Waals surface area contributed by atoms with E-state index in [0.717, 1.165) is 10.6 Å². The van der Waals surface area contributed by atoms with Crippen molar-refractivity contribution in [3.63, 3.8) is 0 Å². The number of anilines is 1. The highest BCUT2D eigenvalue weighted by Gasteiger charge is 2.21. The molecule has 0 aliphatic heterocycles. The maximum atomic E-state index is 14.2. The molecule has 0 fully saturated rings. The van der Waals surface area contributed by atoms with Gasteiger partial charge < -0.3 is 14.8 Å². The van der Waals surface area contributed by atoms with Gasteiger partial charge in [-0.25, -0.2) is 12.8 Å². The van der Waals surface area contributed by atoms with E-state index in [4.69, 9.17) is 9.47 Å². The van der Waals surface area contributed by atoms with E-state index in [1.165, 1.54) is 12.1 Å². The van der Waals surface area contributed by atoms with Crippen molar-refractivity contribution in [1.82, 2.24) is 5.32 Å². The van der Waals surface area contributed by atoms with Crippen LogP contribution in [0.3, 0.4) is 0 Å². The van der Waals surface area contributed by atoms with Crippen LogP contribution >= 0.6 is 15.9 Å². The second kappa shape index (κ2) is 11.2. The molecule has 2 aromatic carbocycles. The summed E-state index contributed by atoms with van der Waals surface area (Å²) in [7, 11) is -2.15. The zero-order valence-corrected chi connectivity index (χ0v) is 19.1. The average Bonchev–Trinajstić information content (AvgIpc) is 2.69. The van der Waals surface area contributed by atoms with Gasteiger partial charge in [0, 0.05) is 17.4 Å². The van der Waals surface area contributed by atoms with Crippen LogP contribution in [0.5, 0.6) is 11.5 Å². The maximum Gasteiger partial charge on any atom is 0.232 e. The summed E-state index contributed by atoms with van der Waals surface area (Å²) in [5, 5.41) is 2.71. The summed E-state index contributed by atoms with van der Waals surface area (Å²) in [6.45, 7) is 0.530. The molecule has 7 nitrogen and oxygen atoms in total. The average molecular weight is 503 g/mol. The van der Waals surface area contributed by atoms with E-state index >= 15 is 0 Å². The molecule has 2 aromatic rings. The Balaban J connectivity index is 1.80. The van der Waals surface area contributed by atoms with Crippen LogP contribution in [0.4, 0.5) is 10.1 Å². The zero-order valence-electron chi connectivity index (χ0n) is 16.7. The molecular formula is C20H24BrFN2O5S. The largest absolute Gasteiger partial charge is 0.493 e. The Bertz CT molecular complexity index is 971. The van der Waals surface area contributed by atoms with Crippen molar-refractivity contribution in [3.05, 3.63) is 52.8 Å². The molecule has 0 unspecified atom stereocenters. The number of methoxy groups -OCH3 is 1. The number of hydrogen-bond donors (Lipinski definition) is 1. The summed E-state index contributed by atoms with van der Waals surface area (Å²) < 4.78 is 50.5. The maximum absolute atomic E-state index is 14.2. The van der Waals surface area contributed by atoms with E-state index in [9.17, 15) is 17.6 Å². The van der Waals surface area contributed by atoms with E-state index in [0.29, 0.717) is 16.0 Å². The molecule has 2 rings (SSSR count). The van der Waals surface area contributed by atoms with Gasteiger partial charge in [-0.05, 0) is 36.8 Å². The van der Waals surface area contributed by atoms with Gasteiger partial charge in [0.05, 0.1) is 25.6 Å². The Morgan fingerprint density at radius 1 is 1.20 bits per heavy atom. The summed E-state index contributed by atoms with van der Waals surface area (Å²) in [4.78, 5) is 12.0. The highest BCUT2D eigenvalue weighted by atomic mass is 79.9. The van der Waals surface area contributed by atoms with Gasteiger partial charge in [-0.1, -0.05) is 28.1 Å². The number of amides is 1. The van der Waals surface area contributed by atoms with E-state index in [-0.39, 0.29) is 44.1 Å². The molecule has 0 radical (unpaired) electrons. The molecule has 10 heteroatoms. The van der Waals surface area contributed by atoms with Crippen LogP contribution in [0.2, 0.25) is 0 Å². The number of carbonyl (C=O) groups is 1. The van der Waals surface area contributed by atoms with Crippen molar-refractivity contribution in [2.75, 3.05) is 37.4 Å². The van der Waals surface area contributed by atoms with E-state index in [2.05, 4.69) is 21.2 Å². The second-order valence-electron chi connectivity index (χ2n) is 6.38. The molecular weight excluding hydrogens is 479 g/mol. The van der Waals surface area contributed by atoms with Crippen LogP contribution in [0.15, 0.2) is 46.9 Å². The number of hydrogen-bond acceptors (Lipinski definition) is 5. The molecule has 1 amide bonds. The van der Waals surface area contributed by atoms with Crippen molar-refractivity contribution < 1.29 is 27.1 Å². The Hall–Kier alpha value is -2.33. The molecule has 0 aliphatic rings. The van der Waals surface area contributed by atoms with Gasteiger partial charge in [-0.3, -0.25) is 9.10 Å². The molecule has 0 atom stereocenters. The molecule has 0 saturated carbocycles. The van der Waals surface area contributed by atoms with Crippen molar-refractivity contribution >= 4 is 37.5 Å². The van der Waals surface area contributed by atoms with Crippen molar-refractivity contribution in [3.8, 4) is 11.5 Å². The number of nitrogens with one attached hydrogen (secondary N) is 1. The Morgan fingerprint density at radius 3 is 2.53 bits per heavy atom. The van der Waals surface area contributed by atoms with Crippen LogP contribution in [0.25, 0.3) is 0 Å². The fourth-order valence-electron chi connectivity index (χ4n) is 2.71. The van der Waals surface area contributed by atoms with Gasteiger partial charge in [0.1, 0.15) is 12.4 Å². The zero-order chi connectivity index (χ0) is 22.1. The molecule has 0 aliphatic carbocycles. The molecule has 1 N–H and O–H groups in total. The Morgan fingerprint density at radius 2 is 1.90 bits per heavy atom. The number of benzene rings is 2. The standard InChI is InChI=1S/C20H24BrFN2O5S/c1-28-18-6-3-4-7-19(18)29-13-11-23-20(25)8-5-12-24(30(2,26)27)17-10-9-15(21)14-16(17)22/h3-4,6-7,9-10,14H,5,8,11-13H2,1-2H3,(H,23,25). The Kier molecular flexibility index (Phi) is 8.91. The lowest BCUT2D eigenvalue weighted by Crippen LogP contribution is -2.33. The van der Waals surface area contributed by atoms with Crippen LogP contribution in [0, 0.1) is 5.82 Å². The minimum absolute atomic E-state index is 0.0114. The summed E-state index contributed by atoms with van der Waals surface area (Å²) in [6, 6.07) is 11.3. The molecule has 164 valence electrons. The minimum atomic E-state index is -3.69. The third-order valence-corrected chi connectivity index (χ3v) is 5.77. The van der Waals surface area contributed by atoms with Gasteiger partial charge in [-0.2, -0.15) is 0 Å². The van der Waals surface area contributed by atoms with Gasteiger partial charge in [-0.15, -0.1) is 0 Å². The van der Waals surface area contributed by atoms with Crippen molar-refractivity contribution in [2.45, 2.75) is 12.8 Å². The first kappa shape index (κ1) is 23.9. The van der Waals surface area contributed by atoms with Crippen molar-refractivity contribution in [1.29, 1.82) is 0 Å². The lowest BCUT2D eigenvalue weighted by Gasteiger charge is -2.23. The molecule has 30 heavy (non-hydrogen) atoms. The SMILES string of the molecule is COc1ccccc1OCCNC(=O)CCCN(c1ccc(Br)cc1F)S(C)(=O)=O. The van der Waals surface area contributed by atoms with Gasteiger partial charge in [0.15, 0.2) is 11.5 Å². The summed E-state index contributed by atoms with van der Waals surface area (Å²) in [5.74, 6) is 0.274. The molecule has 0 spiro atoms.